The van der Waals surface area contributed by atoms with Crippen molar-refractivity contribution in [2.24, 2.45) is 11.1 Å². The molecule has 1 aliphatic rings. The monoisotopic (exact) mass is 259 g/mol. The summed E-state index contributed by atoms with van der Waals surface area (Å²) in [6, 6.07) is 0. The number of halogens is 3. The van der Waals surface area contributed by atoms with Crippen LogP contribution in [0.4, 0.5) is 18.0 Å². The highest BCUT2D eigenvalue weighted by molar-refractivity contribution is 8.01. The van der Waals surface area contributed by atoms with E-state index in [9.17, 15) is 18.0 Å². The summed E-state index contributed by atoms with van der Waals surface area (Å²) in [5.41, 5.74) is -1.88. The molecule has 0 amide bonds. The lowest BCUT2D eigenvalue weighted by atomic mass is 10.1. The molecule has 1 rings (SSSR count). The highest BCUT2D eigenvalue weighted by Crippen LogP contribution is 2.40. The number of rotatable bonds is 1. The van der Waals surface area contributed by atoms with Gasteiger partial charge in [0, 0.05) is 5.75 Å². The lowest BCUT2D eigenvalue weighted by Gasteiger charge is -2.15. The fraction of sp³-hybridized carbons (Fsp3) is 0.714. The first kappa shape index (κ1) is 12.9. The van der Waals surface area contributed by atoms with E-state index >= 15 is 0 Å². The van der Waals surface area contributed by atoms with Gasteiger partial charge in [-0.3, -0.25) is 0 Å². The van der Waals surface area contributed by atoms with Crippen LogP contribution in [-0.2, 0) is 9.47 Å². The second-order valence-electron chi connectivity index (χ2n) is 2.86. The van der Waals surface area contributed by atoms with Crippen LogP contribution >= 0.6 is 11.8 Å². The van der Waals surface area contributed by atoms with Crippen LogP contribution in [-0.4, -0.2) is 41.5 Å². The van der Waals surface area contributed by atoms with Crippen LogP contribution in [0.3, 0.4) is 0 Å². The standard InChI is InChI=1S/C7H8F3NO4S/c1-14-6(12)15-5-4(11-13)3(2-16-5)7(8,9)10/h3,5,13H,2H2,1H3. The number of hydrogen-bond donors (Lipinski definition) is 1. The van der Waals surface area contributed by atoms with Crippen LogP contribution in [0, 0.1) is 5.92 Å². The van der Waals surface area contributed by atoms with Crippen LogP contribution < -0.4 is 0 Å². The van der Waals surface area contributed by atoms with Crippen LogP contribution in [0.5, 0.6) is 0 Å². The normalized spacial score (nSPS) is 28.1. The first-order valence-corrected chi connectivity index (χ1v) is 5.09. The average Bonchev–Trinajstić information content (AvgIpc) is 2.60. The molecular formula is C7H8F3NO4S. The van der Waals surface area contributed by atoms with Gasteiger partial charge in [-0.25, -0.2) is 4.79 Å². The van der Waals surface area contributed by atoms with E-state index in [1.807, 2.05) is 0 Å². The molecule has 5 nitrogen and oxygen atoms in total. The van der Waals surface area contributed by atoms with E-state index in [0.29, 0.717) is 0 Å². The van der Waals surface area contributed by atoms with Gasteiger partial charge < -0.3 is 14.7 Å². The van der Waals surface area contributed by atoms with E-state index in [-0.39, 0.29) is 5.75 Å². The number of hydrogen-bond acceptors (Lipinski definition) is 6. The Morgan fingerprint density at radius 2 is 2.25 bits per heavy atom. The lowest BCUT2D eigenvalue weighted by Crippen LogP contribution is -2.33. The van der Waals surface area contributed by atoms with E-state index in [2.05, 4.69) is 14.6 Å². The first-order chi connectivity index (χ1) is 7.40. The van der Waals surface area contributed by atoms with Crippen molar-refractivity contribution in [3.8, 4) is 0 Å². The maximum Gasteiger partial charge on any atom is 0.509 e. The van der Waals surface area contributed by atoms with Crippen molar-refractivity contribution >= 4 is 23.6 Å². The first-order valence-electron chi connectivity index (χ1n) is 4.05. The fourth-order valence-electron chi connectivity index (χ4n) is 1.13. The Morgan fingerprint density at radius 1 is 1.62 bits per heavy atom. The zero-order valence-electron chi connectivity index (χ0n) is 8.02. The highest BCUT2D eigenvalue weighted by atomic mass is 32.2. The van der Waals surface area contributed by atoms with Gasteiger partial charge in [0.05, 0.1) is 7.11 Å². The maximum atomic E-state index is 12.4. The highest BCUT2D eigenvalue weighted by Gasteiger charge is 2.51. The molecular weight excluding hydrogens is 251 g/mol. The molecule has 1 saturated heterocycles. The van der Waals surface area contributed by atoms with E-state index in [0.717, 1.165) is 18.9 Å². The third-order valence-electron chi connectivity index (χ3n) is 1.89. The number of carbonyl (C=O) groups excluding carboxylic acids is 1. The molecule has 1 N–H and O–H groups in total. The molecule has 0 saturated carbocycles. The Hall–Kier alpha value is -1.12. The van der Waals surface area contributed by atoms with Gasteiger partial charge in [-0.05, 0) is 0 Å². The van der Waals surface area contributed by atoms with Gasteiger partial charge in [0.2, 0.25) is 0 Å². The van der Waals surface area contributed by atoms with Gasteiger partial charge in [-0.2, -0.15) is 13.2 Å². The van der Waals surface area contributed by atoms with Crippen LogP contribution in [0.15, 0.2) is 5.16 Å². The summed E-state index contributed by atoms with van der Waals surface area (Å²) in [5.74, 6) is -2.26. The molecule has 92 valence electrons. The number of thioether (sulfide) groups is 1. The van der Waals surface area contributed by atoms with E-state index in [1.54, 1.807) is 0 Å². The quantitative estimate of drug-likeness (QED) is 0.442. The minimum atomic E-state index is -4.53. The summed E-state index contributed by atoms with van der Waals surface area (Å²) in [5, 5.41) is 11.0. The molecule has 0 aromatic heterocycles. The molecule has 1 aliphatic heterocycles. The predicted molar refractivity (Wildman–Crippen MR) is 48.5 cm³/mol. The summed E-state index contributed by atoms with van der Waals surface area (Å²) < 4.78 is 45.9. The molecule has 0 spiro atoms. The second-order valence-corrected chi connectivity index (χ2v) is 3.95. The van der Waals surface area contributed by atoms with Crippen LogP contribution in [0.25, 0.3) is 0 Å². The summed E-state index contributed by atoms with van der Waals surface area (Å²) in [6.45, 7) is 0. The molecule has 0 aliphatic carbocycles. The van der Waals surface area contributed by atoms with Gasteiger partial charge in [-0.1, -0.05) is 5.16 Å². The number of methoxy groups -OCH3 is 1. The largest absolute Gasteiger partial charge is 0.509 e. The van der Waals surface area contributed by atoms with Crippen molar-refractivity contribution in [1.29, 1.82) is 0 Å². The Kier molecular flexibility index (Phi) is 3.89. The molecule has 16 heavy (non-hydrogen) atoms. The minimum Gasteiger partial charge on any atom is -0.438 e. The number of ether oxygens (including phenoxy) is 2. The molecule has 1 heterocycles. The van der Waals surface area contributed by atoms with Crippen molar-refractivity contribution in [3.05, 3.63) is 0 Å². The van der Waals surface area contributed by atoms with Crippen molar-refractivity contribution in [3.63, 3.8) is 0 Å². The summed E-state index contributed by atoms with van der Waals surface area (Å²) >= 11 is 0.720. The van der Waals surface area contributed by atoms with Crippen LogP contribution in [0.1, 0.15) is 0 Å². The Balaban J connectivity index is 2.75. The minimum absolute atomic E-state index is 0.357. The van der Waals surface area contributed by atoms with E-state index in [4.69, 9.17) is 5.21 Å². The smallest absolute Gasteiger partial charge is 0.438 e. The Morgan fingerprint density at radius 3 is 2.69 bits per heavy atom. The van der Waals surface area contributed by atoms with Crippen LogP contribution in [0.2, 0.25) is 0 Å². The van der Waals surface area contributed by atoms with Gasteiger partial charge in [-0.15, -0.1) is 11.8 Å². The van der Waals surface area contributed by atoms with Crippen molar-refractivity contribution in [1.82, 2.24) is 0 Å². The third-order valence-corrected chi connectivity index (χ3v) is 3.06. The predicted octanol–water partition coefficient (Wildman–Crippen LogP) is 1.85. The molecule has 9 heteroatoms. The van der Waals surface area contributed by atoms with Crippen molar-refractivity contribution in [2.45, 2.75) is 11.6 Å². The average molecular weight is 259 g/mol. The second kappa shape index (κ2) is 4.81. The van der Waals surface area contributed by atoms with Crippen molar-refractivity contribution < 1.29 is 32.6 Å². The zero-order chi connectivity index (χ0) is 12.3. The number of oxime groups is 1. The number of alkyl halides is 3. The number of carbonyl (C=O) groups is 1. The lowest BCUT2D eigenvalue weighted by molar-refractivity contribution is -0.150. The van der Waals surface area contributed by atoms with Crippen molar-refractivity contribution in [2.75, 3.05) is 12.9 Å². The Labute approximate surface area is 92.6 Å². The maximum absolute atomic E-state index is 12.4. The zero-order valence-corrected chi connectivity index (χ0v) is 8.84. The summed E-state index contributed by atoms with van der Waals surface area (Å²) in [7, 11) is 1.03. The van der Waals surface area contributed by atoms with Gasteiger partial charge in [0.15, 0.2) is 5.44 Å². The molecule has 2 atom stereocenters. The van der Waals surface area contributed by atoms with Gasteiger partial charge in [0.1, 0.15) is 11.6 Å². The molecule has 0 aromatic rings. The molecule has 0 aromatic carbocycles. The van der Waals surface area contributed by atoms with Gasteiger partial charge in [0.25, 0.3) is 0 Å². The summed E-state index contributed by atoms with van der Waals surface area (Å²) in [4.78, 5) is 10.7. The van der Waals surface area contributed by atoms with E-state index < -0.39 is 29.4 Å². The van der Waals surface area contributed by atoms with E-state index in [1.165, 1.54) is 0 Å². The molecule has 0 bridgehead atoms. The third kappa shape index (κ3) is 2.71. The number of nitrogens with zero attached hydrogens (tertiary/aromatic N) is 1. The molecule has 1 fully saturated rings. The Bertz CT molecular complexity index is 306. The van der Waals surface area contributed by atoms with Gasteiger partial charge >= 0.3 is 12.3 Å². The fourth-order valence-corrected chi connectivity index (χ4v) is 2.38. The molecule has 0 radical (unpaired) electrons. The SMILES string of the molecule is COC(=O)OC1SCC(C(F)(F)F)C1=NO. The topological polar surface area (TPSA) is 68.1 Å². The molecule has 2 unspecified atom stereocenters. The summed E-state index contributed by atoms with van der Waals surface area (Å²) in [6.07, 6.45) is -5.65.